The van der Waals surface area contributed by atoms with E-state index >= 15 is 0 Å². The fraction of sp³-hybridized carbons (Fsp3) is 0.333. The molecule has 8 heteroatoms. The summed E-state index contributed by atoms with van der Waals surface area (Å²) in [4.78, 5) is 0. The highest BCUT2D eigenvalue weighted by Gasteiger charge is 2.05. The normalized spacial score (nSPS) is 11.5. The molecule has 0 unspecified atom stereocenters. The molecule has 1 aromatic rings. The molecule has 0 aliphatic rings. The van der Waals surface area contributed by atoms with E-state index in [9.17, 15) is 12.8 Å². The van der Waals surface area contributed by atoms with Crippen LogP contribution < -0.4 is 15.8 Å². The summed E-state index contributed by atoms with van der Waals surface area (Å²) in [6.45, 7) is 0.586. The van der Waals surface area contributed by atoms with Gasteiger partial charge >= 0.3 is 0 Å². The van der Waals surface area contributed by atoms with Crippen LogP contribution in [0.2, 0.25) is 0 Å². The lowest BCUT2D eigenvalue weighted by Gasteiger charge is -2.10. The van der Waals surface area contributed by atoms with Gasteiger partial charge in [-0.05, 0) is 22.0 Å². The second-order valence-electron chi connectivity index (χ2n) is 3.45. The molecule has 5 nitrogen and oxygen atoms in total. The van der Waals surface area contributed by atoms with E-state index in [2.05, 4.69) is 26.0 Å². The summed E-state index contributed by atoms with van der Waals surface area (Å²) in [6.07, 6.45) is 1.08. The SMILES string of the molecule is CS(=O)(=O)NCCNc1cc(Br)c(F)cc1N. The van der Waals surface area contributed by atoms with Crippen LogP contribution in [0.25, 0.3) is 0 Å². The van der Waals surface area contributed by atoms with Crippen LogP contribution >= 0.6 is 15.9 Å². The van der Waals surface area contributed by atoms with Crippen molar-refractivity contribution in [1.82, 2.24) is 4.72 Å². The van der Waals surface area contributed by atoms with Crippen molar-refractivity contribution in [3.8, 4) is 0 Å². The molecule has 1 rings (SSSR count). The minimum atomic E-state index is -3.19. The van der Waals surface area contributed by atoms with Crippen molar-refractivity contribution < 1.29 is 12.8 Å². The third kappa shape index (κ3) is 4.88. The number of anilines is 2. The predicted molar refractivity (Wildman–Crippen MR) is 69.8 cm³/mol. The molecule has 0 saturated heterocycles. The Morgan fingerprint density at radius 3 is 2.65 bits per heavy atom. The van der Waals surface area contributed by atoms with Crippen molar-refractivity contribution in [2.75, 3.05) is 30.4 Å². The van der Waals surface area contributed by atoms with Crippen LogP contribution in [0.3, 0.4) is 0 Å². The van der Waals surface area contributed by atoms with Gasteiger partial charge in [0.2, 0.25) is 10.0 Å². The number of nitrogen functional groups attached to an aromatic ring is 1. The van der Waals surface area contributed by atoms with E-state index in [1.807, 2.05) is 0 Å². The van der Waals surface area contributed by atoms with Gasteiger partial charge in [-0.2, -0.15) is 0 Å². The summed E-state index contributed by atoms with van der Waals surface area (Å²) in [6, 6.07) is 2.70. The van der Waals surface area contributed by atoms with Gasteiger partial charge in [-0.1, -0.05) is 0 Å². The first-order valence-electron chi connectivity index (χ1n) is 4.72. The Kier molecular flexibility index (Phi) is 4.72. The zero-order chi connectivity index (χ0) is 13.1. The minimum absolute atomic E-state index is 0.229. The molecule has 0 atom stereocenters. The van der Waals surface area contributed by atoms with Crippen LogP contribution in [0, 0.1) is 5.82 Å². The molecule has 0 aliphatic carbocycles. The molecule has 4 N–H and O–H groups in total. The number of benzene rings is 1. The van der Waals surface area contributed by atoms with Crippen LogP contribution in [-0.2, 0) is 10.0 Å². The quantitative estimate of drug-likeness (QED) is 0.559. The monoisotopic (exact) mass is 325 g/mol. The minimum Gasteiger partial charge on any atom is -0.397 e. The molecule has 0 spiro atoms. The first-order valence-corrected chi connectivity index (χ1v) is 7.41. The predicted octanol–water partition coefficient (Wildman–Crippen LogP) is 1.13. The molecule has 0 saturated carbocycles. The second kappa shape index (κ2) is 5.65. The van der Waals surface area contributed by atoms with Crippen molar-refractivity contribution >= 4 is 37.3 Å². The molecule has 0 aliphatic heterocycles. The largest absolute Gasteiger partial charge is 0.397 e. The van der Waals surface area contributed by atoms with E-state index in [0.717, 1.165) is 6.26 Å². The molecule has 17 heavy (non-hydrogen) atoms. The molecule has 0 aromatic heterocycles. The van der Waals surface area contributed by atoms with Crippen LogP contribution in [0.4, 0.5) is 15.8 Å². The van der Waals surface area contributed by atoms with Gasteiger partial charge in [-0.25, -0.2) is 17.5 Å². The van der Waals surface area contributed by atoms with Crippen molar-refractivity contribution in [3.05, 3.63) is 22.4 Å². The van der Waals surface area contributed by atoms with E-state index in [-0.39, 0.29) is 12.2 Å². The van der Waals surface area contributed by atoms with Gasteiger partial charge in [0.15, 0.2) is 0 Å². The molecule has 0 heterocycles. The number of halogens is 2. The van der Waals surface area contributed by atoms with Crippen LogP contribution in [0.5, 0.6) is 0 Å². The fourth-order valence-corrected chi connectivity index (χ4v) is 1.97. The van der Waals surface area contributed by atoms with Gasteiger partial charge in [-0.3, -0.25) is 0 Å². The lowest BCUT2D eigenvalue weighted by molar-refractivity contribution is 0.589. The average molecular weight is 326 g/mol. The standard InChI is InChI=1S/C9H13BrFN3O2S/c1-17(15,16)14-3-2-13-9-4-6(10)7(11)5-8(9)12/h4-5,13-14H,2-3,12H2,1H3. The zero-order valence-corrected chi connectivity index (χ0v) is 11.5. The summed E-state index contributed by atoms with van der Waals surface area (Å²) >= 11 is 3.04. The van der Waals surface area contributed by atoms with Crippen molar-refractivity contribution in [2.45, 2.75) is 0 Å². The molecule has 96 valence electrons. The molecular weight excluding hydrogens is 313 g/mol. The Bertz CT molecular complexity index is 507. The third-order valence-electron chi connectivity index (χ3n) is 1.90. The van der Waals surface area contributed by atoms with Gasteiger partial charge in [0.25, 0.3) is 0 Å². The summed E-state index contributed by atoms with van der Waals surface area (Å²) in [7, 11) is -3.19. The molecule has 0 amide bonds. The number of sulfonamides is 1. The van der Waals surface area contributed by atoms with Crippen molar-refractivity contribution in [2.24, 2.45) is 0 Å². The van der Waals surface area contributed by atoms with Crippen LogP contribution in [0.1, 0.15) is 0 Å². The Hall–Kier alpha value is -0.860. The molecule has 0 radical (unpaired) electrons. The third-order valence-corrected chi connectivity index (χ3v) is 3.23. The van der Waals surface area contributed by atoms with Crippen molar-refractivity contribution in [3.63, 3.8) is 0 Å². The topological polar surface area (TPSA) is 84.2 Å². The first-order chi connectivity index (χ1) is 7.79. The number of nitrogens with two attached hydrogens (primary N) is 1. The maximum atomic E-state index is 13.1. The first kappa shape index (κ1) is 14.2. The van der Waals surface area contributed by atoms with E-state index < -0.39 is 15.8 Å². The van der Waals surface area contributed by atoms with Gasteiger partial charge < -0.3 is 11.1 Å². The molecular formula is C9H13BrFN3O2S. The fourth-order valence-electron chi connectivity index (χ4n) is 1.15. The number of hydrogen-bond donors (Lipinski definition) is 3. The summed E-state index contributed by atoms with van der Waals surface area (Å²) < 4.78 is 37.3. The van der Waals surface area contributed by atoms with E-state index in [4.69, 9.17) is 5.73 Å². The maximum absolute atomic E-state index is 13.1. The lowest BCUT2D eigenvalue weighted by atomic mass is 10.2. The maximum Gasteiger partial charge on any atom is 0.208 e. The van der Waals surface area contributed by atoms with Crippen molar-refractivity contribution in [1.29, 1.82) is 0 Å². The number of nitrogens with one attached hydrogen (secondary N) is 2. The summed E-state index contributed by atoms with van der Waals surface area (Å²) in [5, 5.41) is 2.90. The van der Waals surface area contributed by atoms with Gasteiger partial charge in [-0.15, -0.1) is 0 Å². The lowest BCUT2D eigenvalue weighted by Crippen LogP contribution is -2.27. The van der Waals surface area contributed by atoms with Crippen LogP contribution in [-0.4, -0.2) is 27.8 Å². The smallest absolute Gasteiger partial charge is 0.208 e. The Labute approximate surface area is 108 Å². The highest BCUT2D eigenvalue weighted by atomic mass is 79.9. The Morgan fingerprint density at radius 1 is 1.41 bits per heavy atom. The number of rotatable bonds is 5. The summed E-state index contributed by atoms with van der Waals surface area (Å²) in [5.41, 5.74) is 6.41. The van der Waals surface area contributed by atoms with E-state index in [1.165, 1.54) is 12.1 Å². The van der Waals surface area contributed by atoms with Crippen LogP contribution in [0.15, 0.2) is 16.6 Å². The zero-order valence-electron chi connectivity index (χ0n) is 9.13. The van der Waals surface area contributed by atoms with E-state index in [1.54, 1.807) is 0 Å². The van der Waals surface area contributed by atoms with Gasteiger partial charge in [0.05, 0.1) is 22.1 Å². The highest BCUT2D eigenvalue weighted by molar-refractivity contribution is 9.10. The Balaban J connectivity index is 2.55. The Morgan fingerprint density at radius 2 is 2.06 bits per heavy atom. The molecule has 1 aromatic carbocycles. The van der Waals surface area contributed by atoms with E-state index in [0.29, 0.717) is 16.7 Å². The number of hydrogen-bond acceptors (Lipinski definition) is 4. The highest BCUT2D eigenvalue weighted by Crippen LogP contribution is 2.26. The summed E-state index contributed by atoms with van der Waals surface area (Å²) in [5.74, 6) is -0.442. The molecule has 0 bridgehead atoms. The second-order valence-corrected chi connectivity index (χ2v) is 6.13. The average Bonchev–Trinajstić information content (AvgIpc) is 2.18. The van der Waals surface area contributed by atoms with Gasteiger partial charge in [0.1, 0.15) is 5.82 Å². The van der Waals surface area contributed by atoms with Gasteiger partial charge in [0, 0.05) is 19.2 Å². The molecule has 0 fully saturated rings.